The van der Waals surface area contributed by atoms with Crippen LogP contribution in [0.5, 0.6) is 11.6 Å². The zero-order valence-electron chi connectivity index (χ0n) is 8.76. The molecule has 1 aromatic rings. The lowest BCUT2D eigenvalue weighted by Gasteiger charge is -2.14. The molecule has 0 aliphatic carbocycles. The number of nitrogens with zero attached hydrogens (tertiary/aromatic N) is 1. The first-order valence-electron chi connectivity index (χ1n) is 4.37. The Balaban J connectivity index is 3.14. The van der Waals surface area contributed by atoms with Gasteiger partial charge >= 0.3 is 6.36 Å². The van der Waals surface area contributed by atoms with Gasteiger partial charge < -0.3 is 15.2 Å². The van der Waals surface area contributed by atoms with Crippen molar-refractivity contribution in [2.45, 2.75) is 19.8 Å². The second-order valence-electron chi connectivity index (χ2n) is 2.99. The molecule has 0 aliphatic rings. The minimum Gasteiger partial charge on any atom is -0.495 e. The largest absolute Gasteiger partial charge is 0.574 e. The molecule has 0 aromatic carbocycles. The minimum atomic E-state index is -4.77. The summed E-state index contributed by atoms with van der Waals surface area (Å²) in [5.74, 6) is -0.164. The van der Waals surface area contributed by atoms with E-state index in [1.807, 2.05) is 0 Å². The van der Waals surface area contributed by atoms with Crippen LogP contribution in [0.3, 0.4) is 0 Å². The van der Waals surface area contributed by atoms with Crippen molar-refractivity contribution in [1.29, 1.82) is 0 Å². The third-order valence-corrected chi connectivity index (χ3v) is 2.01. The molecule has 0 saturated carbocycles. The van der Waals surface area contributed by atoms with Crippen molar-refractivity contribution in [3.63, 3.8) is 0 Å². The lowest BCUT2D eigenvalue weighted by atomic mass is 10.1. The SMILES string of the molecule is COc1cnc(OC(F)(F)F)c(C)c1CN. The Kier molecular flexibility index (Phi) is 3.58. The highest BCUT2D eigenvalue weighted by atomic mass is 19.4. The highest BCUT2D eigenvalue weighted by molar-refractivity contribution is 5.42. The fourth-order valence-electron chi connectivity index (χ4n) is 1.25. The monoisotopic (exact) mass is 236 g/mol. The maximum absolute atomic E-state index is 12.0. The zero-order chi connectivity index (χ0) is 12.3. The van der Waals surface area contributed by atoms with Crippen molar-refractivity contribution in [2.75, 3.05) is 7.11 Å². The predicted molar refractivity (Wildman–Crippen MR) is 50.1 cm³/mol. The lowest BCUT2D eigenvalue weighted by Crippen LogP contribution is -2.19. The molecule has 0 aliphatic heterocycles. The predicted octanol–water partition coefficient (Wildman–Crippen LogP) is 1.76. The van der Waals surface area contributed by atoms with Gasteiger partial charge in [-0.1, -0.05) is 0 Å². The Labute approximate surface area is 90.2 Å². The van der Waals surface area contributed by atoms with Gasteiger partial charge in [0.1, 0.15) is 5.75 Å². The fourth-order valence-corrected chi connectivity index (χ4v) is 1.25. The first-order chi connectivity index (χ1) is 7.39. The average molecular weight is 236 g/mol. The Hall–Kier alpha value is -1.50. The van der Waals surface area contributed by atoms with E-state index >= 15 is 0 Å². The van der Waals surface area contributed by atoms with Crippen molar-refractivity contribution in [2.24, 2.45) is 5.73 Å². The number of hydrogen-bond acceptors (Lipinski definition) is 4. The number of alkyl halides is 3. The molecule has 90 valence electrons. The zero-order valence-corrected chi connectivity index (χ0v) is 8.76. The van der Waals surface area contributed by atoms with Gasteiger partial charge in [0.05, 0.1) is 13.3 Å². The number of rotatable bonds is 3. The third-order valence-electron chi connectivity index (χ3n) is 2.01. The van der Waals surface area contributed by atoms with Gasteiger partial charge in [-0.3, -0.25) is 0 Å². The van der Waals surface area contributed by atoms with Crippen molar-refractivity contribution in [3.8, 4) is 11.6 Å². The number of hydrogen-bond donors (Lipinski definition) is 1. The Morgan fingerprint density at radius 2 is 2.06 bits per heavy atom. The molecule has 16 heavy (non-hydrogen) atoms. The summed E-state index contributed by atoms with van der Waals surface area (Å²) in [7, 11) is 1.39. The number of ether oxygens (including phenoxy) is 2. The van der Waals surface area contributed by atoms with Crippen LogP contribution < -0.4 is 15.2 Å². The van der Waals surface area contributed by atoms with Gasteiger partial charge in [-0.2, -0.15) is 0 Å². The topological polar surface area (TPSA) is 57.4 Å². The maximum atomic E-state index is 12.0. The Morgan fingerprint density at radius 1 is 1.44 bits per heavy atom. The second kappa shape index (κ2) is 4.56. The molecule has 0 unspecified atom stereocenters. The van der Waals surface area contributed by atoms with Crippen molar-refractivity contribution < 1.29 is 22.6 Å². The molecule has 0 amide bonds. The summed E-state index contributed by atoms with van der Waals surface area (Å²) in [6, 6.07) is 0. The highest BCUT2D eigenvalue weighted by Gasteiger charge is 2.33. The standard InChI is InChI=1S/C9H11F3N2O2/c1-5-6(3-13)7(15-2)4-14-8(5)16-9(10,11)12/h4H,3,13H2,1-2H3. The Bertz CT molecular complexity index is 380. The number of methoxy groups -OCH3 is 1. The minimum absolute atomic E-state index is 0.0474. The molecule has 0 bridgehead atoms. The van der Waals surface area contributed by atoms with Gasteiger partial charge in [-0.15, -0.1) is 13.2 Å². The molecule has 1 heterocycles. The lowest BCUT2D eigenvalue weighted by molar-refractivity contribution is -0.276. The van der Waals surface area contributed by atoms with Crippen molar-refractivity contribution in [3.05, 3.63) is 17.3 Å². The van der Waals surface area contributed by atoms with E-state index in [4.69, 9.17) is 10.5 Å². The molecule has 0 radical (unpaired) electrons. The van der Waals surface area contributed by atoms with Gasteiger partial charge in [0.15, 0.2) is 0 Å². The molecule has 0 saturated heterocycles. The molecule has 2 N–H and O–H groups in total. The number of nitrogens with two attached hydrogens (primary N) is 1. The van der Waals surface area contributed by atoms with E-state index in [-0.39, 0.29) is 12.1 Å². The van der Waals surface area contributed by atoms with Crippen LogP contribution in [0.15, 0.2) is 6.20 Å². The normalized spacial score (nSPS) is 11.4. The van der Waals surface area contributed by atoms with Crippen LogP contribution in [0.4, 0.5) is 13.2 Å². The van der Waals surface area contributed by atoms with Crippen LogP contribution >= 0.6 is 0 Å². The molecule has 1 aromatic heterocycles. The molecule has 1 rings (SSSR count). The van der Waals surface area contributed by atoms with Crippen LogP contribution in [0.25, 0.3) is 0 Å². The van der Waals surface area contributed by atoms with Gasteiger partial charge in [-0.25, -0.2) is 4.98 Å². The van der Waals surface area contributed by atoms with Crippen molar-refractivity contribution >= 4 is 0 Å². The smallest absolute Gasteiger partial charge is 0.495 e. The van der Waals surface area contributed by atoms with Crippen LogP contribution in [0.1, 0.15) is 11.1 Å². The summed E-state index contributed by atoms with van der Waals surface area (Å²) in [5, 5.41) is 0. The summed E-state index contributed by atoms with van der Waals surface area (Å²) in [5.41, 5.74) is 6.08. The maximum Gasteiger partial charge on any atom is 0.574 e. The third kappa shape index (κ3) is 2.75. The van der Waals surface area contributed by atoms with Crippen molar-refractivity contribution in [1.82, 2.24) is 4.98 Å². The van der Waals surface area contributed by atoms with Gasteiger partial charge in [-0.05, 0) is 6.92 Å². The summed E-state index contributed by atoms with van der Waals surface area (Å²) in [4.78, 5) is 3.52. The number of aromatic nitrogens is 1. The Morgan fingerprint density at radius 3 is 2.50 bits per heavy atom. The van der Waals surface area contributed by atoms with Crippen LogP contribution in [-0.2, 0) is 6.54 Å². The molecule has 0 atom stereocenters. The summed E-state index contributed by atoms with van der Waals surface area (Å²) in [6.45, 7) is 1.49. The average Bonchev–Trinajstić information content (AvgIpc) is 2.19. The first kappa shape index (κ1) is 12.6. The molecule has 7 heteroatoms. The molecule has 0 fully saturated rings. The summed E-state index contributed by atoms with van der Waals surface area (Å²) < 4.78 is 44.7. The number of pyridine rings is 1. The van der Waals surface area contributed by atoms with E-state index in [0.29, 0.717) is 11.3 Å². The summed E-state index contributed by atoms with van der Waals surface area (Å²) in [6.07, 6.45) is -3.62. The molecular weight excluding hydrogens is 225 g/mol. The first-order valence-corrected chi connectivity index (χ1v) is 4.37. The fraction of sp³-hybridized carbons (Fsp3) is 0.444. The van der Waals surface area contributed by atoms with E-state index in [2.05, 4.69) is 9.72 Å². The molecular formula is C9H11F3N2O2. The molecule has 0 spiro atoms. The van der Waals surface area contributed by atoms with E-state index in [9.17, 15) is 13.2 Å². The quantitative estimate of drug-likeness (QED) is 0.868. The van der Waals surface area contributed by atoms with Crippen LogP contribution in [0.2, 0.25) is 0 Å². The van der Waals surface area contributed by atoms with E-state index in [1.165, 1.54) is 14.0 Å². The van der Waals surface area contributed by atoms with Crippen LogP contribution in [0, 0.1) is 6.92 Å². The van der Waals surface area contributed by atoms with Gasteiger partial charge in [0.25, 0.3) is 0 Å². The van der Waals surface area contributed by atoms with E-state index in [0.717, 1.165) is 6.20 Å². The second-order valence-corrected chi connectivity index (χ2v) is 2.99. The van der Waals surface area contributed by atoms with E-state index < -0.39 is 12.2 Å². The highest BCUT2D eigenvalue weighted by Crippen LogP contribution is 2.30. The number of halogens is 3. The summed E-state index contributed by atoms with van der Waals surface area (Å²) >= 11 is 0. The van der Waals surface area contributed by atoms with Gasteiger partial charge in [0, 0.05) is 17.7 Å². The van der Waals surface area contributed by atoms with Gasteiger partial charge in [0.2, 0.25) is 5.88 Å². The van der Waals surface area contributed by atoms with E-state index in [1.54, 1.807) is 0 Å². The molecule has 4 nitrogen and oxygen atoms in total. The van der Waals surface area contributed by atoms with Crippen LogP contribution in [-0.4, -0.2) is 18.5 Å².